The molecule has 1 aliphatic rings. The second-order valence-electron chi connectivity index (χ2n) is 8.87. The average Bonchev–Trinajstić information content (AvgIpc) is 3.18. The van der Waals surface area contributed by atoms with Crippen LogP contribution in [0.2, 0.25) is 0 Å². The summed E-state index contributed by atoms with van der Waals surface area (Å²) in [6.07, 6.45) is 1.32. The van der Waals surface area contributed by atoms with Gasteiger partial charge in [0.2, 0.25) is 5.91 Å². The number of anilines is 1. The Balaban J connectivity index is 0.00000306. The van der Waals surface area contributed by atoms with Crippen LogP contribution in [0.15, 0.2) is 30.3 Å². The Labute approximate surface area is 207 Å². The van der Waals surface area contributed by atoms with Crippen molar-refractivity contribution < 1.29 is 9.53 Å². The van der Waals surface area contributed by atoms with E-state index in [9.17, 15) is 4.79 Å². The highest BCUT2D eigenvalue weighted by atomic mass is 35.5. The van der Waals surface area contributed by atoms with E-state index in [0.717, 1.165) is 55.5 Å². The minimum absolute atomic E-state index is 0. The first-order chi connectivity index (χ1) is 15.4. The molecular weight excluding hydrogens is 454 g/mol. The normalized spacial score (nSPS) is 14.3. The van der Waals surface area contributed by atoms with Crippen LogP contribution in [0, 0.1) is 27.7 Å². The van der Waals surface area contributed by atoms with Gasteiger partial charge in [0.25, 0.3) is 0 Å². The van der Waals surface area contributed by atoms with Crippen LogP contribution in [-0.2, 0) is 16.0 Å². The van der Waals surface area contributed by atoms with Gasteiger partial charge in [0.05, 0.1) is 29.9 Å². The molecule has 0 radical (unpaired) electrons. The Bertz CT molecular complexity index is 1110. The molecule has 0 bridgehead atoms. The molecule has 0 atom stereocenters. The Morgan fingerprint density at radius 1 is 1.06 bits per heavy atom. The summed E-state index contributed by atoms with van der Waals surface area (Å²) in [6, 6.07) is 10.6. The van der Waals surface area contributed by atoms with Crippen molar-refractivity contribution in [3.05, 3.63) is 58.1 Å². The highest BCUT2D eigenvalue weighted by Crippen LogP contribution is 2.32. The summed E-state index contributed by atoms with van der Waals surface area (Å²) in [7, 11) is 0. The molecule has 3 aromatic rings. The van der Waals surface area contributed by atoms with Crippen molar-refractivity contribution in [3.8, 4) is 0 Å². The van der Waals surface area contributed by atoms with Gasteiger partial charge in [0, 0.05) is 26.2 Å². The number of ether oxygens (including phenoxy) is 1. The summed E-state index contributed by atoms with van der Waals surface area (Å²) in [5.74, 6) is 0.115. The quantitative estimate of drug-likeness (QED) is 0.456. The summed E-state index contributed by atoms with van der Waals surface area (Å²) in [5.41, 5.74) is 6.94. The van der Waals surface area contributed by atoms with Crippen LogP contribution in [-0.4, -0.2) is 55.2 Å². The maximum atomic E-state index is 13.5. The van der Waals surface area contributed by atoms with Gasteiger partial charge in [-0.2, -0.15) is 0 Å². The van der Waals surface area contributed by atoms with Gasteiger partial charge in [0.15, 0.2) is 5.13 Å². The number of hydrogen-bond donors (Lipinski definition) is 0. The van der Waals surface area contributed by atoms with E-state index in [0.29, 0.717) is 13.0 Å². The van der Waals surface area contributed by atoms with E-state index >= 15 is 0 Å². The molecule has 0 saturated carbocycles. The molecule has 5 nitrogen and oxygen atoms in total. The van der Waals surface area contributed by atoms with Gasteiger partial charge < -0.3 is 4.74 Å². The number of hydrogen-bond acceptors (Lipinski definition) is 5. The molecule has 178 valence electrons. The first-order valence-corrected chi connectivity index (χ1v) is 12.3. The molecule has 1 fully saturated rings. The number of carbonyl (C=O) groups excluding carboxylic acids is 1. The number of halogens is 1. The minimum atomic E-state index is 0. The molecule has 1 aliphatic heterocycles. The number of amides is 1. The fraction of sp³-hybridized carbons (Fsp3) is 0.462. The second kappa shape index (κ2) is 11.4. The van der Waals surface area contributed by atoms with Crippen LogP contribution in [0.5, 0.6) is 0 Å². The van der Waals surface area contributed by atoms with Gasteiger partial charge in [-0.05, 0) is 68.0 Å². The van der Waals surface area contributed by atoms with Gasteiger partial charge in [-0.3, -0.25) is 14.6 Å². The predicted octanol–water partition coefficient (Wildman–Crippen LogP) is 5.25. The van der Waals surface area contributed by atoms with Crippen molar-refractivity contribution in [2.24, 2.45) is 0 Å². The lowest BCUT2D eigenvalue weighted by atomic mass is 10.0. The Morgan fingerprint density at radius 3 is 2.55 bits per heavy atom. The number of carbonyl (C=O) groups is 1. The summed E-state index contributed by atoms with van der Waals surface area (Å²) < 4.78 is 6.63. The van der Waals surface area contributed by atoms with Crippen LogP contribution < -0.4 is 4.90 Å². The van der Waals surface area contributed by atoms with E-state index in [-0.39, 0.29) is 18.3 Å². The Hall–Kier alpha value is -1.99. The zero-order valence-electron chi connectivity index (χ0n) is 20.0. The van der Waals surface area contributed by atoms with E-state index in [1.165, 1.54) is 27.0 Å². The third kappa shape index (κ3) is 6.33. The number of rotatable bonds is 7. The smallest absolute Gasteiger partial charge is 0.233 e. The minimum Gasteiger partial charge on any atom is -0.379 e. The van der Waals surface area contributed by atoms with Crippen molar-refractivity contribution in [2.45, 2.75) is 40.5 Å². The van der Waals surface area contributed by atoms with Crippen LogP contribution in [0.1, 0.15) is 34.2 Å². The number of aromatic nitrogens is 1. The third-order valence-electron chi connectivity index (χ3n) is 6.23. The molecule has 1 aromatic heterocycles. The average molecular weight is 488 g/mol. The molecule has 1 amide bonds. The first-order valence-electron chi connectivity index (χ1n) is 11.4. The van der Waals surface area contributed by atoms with Crippen LogP contribution in [0.25, 0.3) is 10.2 Å². The van der Waals surface area contributed by atoms with E-state index in [1.54, 1.807) is 11.3 Å². The van der Waals surface area contributed by atoms with Gasteiger partial charge in [-0.15, -0.1) is 12.4 Å². The van der Waals surface area contributed by atoms with E-state index in [2.05, 4.69) is 62.9 Å². The first kappa shape index (κ1) is 25.6. The molecule has 0 aliphatic carbocycles. The number of aryl methyl sites for hydroxylation is 4. The van der Waals surface area contributed by atoms with Crippen molar-refractivity contribution in [3.63, 3.8) is 0 Å². The molecule has 1 saturated heterocycles. The van der Waals surface area contributed by atoms with Crippen LogP contribution in [0.3, 0.4) is 0 Å². The zero-order valence-corrected chi connectivity index (χ0v) is 21.7. The van der Waals surface area contributed by atoms with Gasteiger partial charge >= 0.3 is 0 Å². The lowest BCUT2D eigenvalue weighted by molar-refractivity contribution is -0.118. The fourth-order valence-electron chi connectivity index (χ4n) is 4.27. The van der Waals surface area contributed by atoms with Gasteiger partial charge in [-0.25, -0.2) is 4.98 Å². The van der Waals surface area contributed by atoms with E-state index in [4.69, 9.17) is 9.72 Å². The Kier molecular flexibility index (Phi) is 8.88. The van der Waals surface area contributed by atoms with Crippen LogP contribution >= 0.6 is 23.7 Å². The third-order valence-corrected chi connectivity index (χ3v) is 7.46. The molecule has 2 aromatic carbocycles. The molecule has 4 rings (SSSR count). The van der Waals surface area contributed by atoms with Gasteiger partial charge in [-0.1, -0.05) is 35.6 Å². The number of nitrogens with zero attached hydrogens (tertiary/aromatic N) is 3. The molecular formula is C26H34ClN3O2S. The number of fused-ring (bicyclic) bond motifs is 1. The highest BCUT2D eigenvalue weighted by Gasteiger charge is 2.21. The molecule has 33 heavy (non-hydrogen) atoms. The topological polar surface area (TPSA) is 45.7 Å². The summed E-state index contributed by atoms with van der Waals surface area (Å²) in [5, 5.41) is 0.810. The van der Waals surface area contributed by atoms with Crippen molar-refractivity contribution in [1.29, 1.82) is 0 Å². The zero-order chi connectivity index (χ0) is 22.7. The lowest BCUT2D eigenvalue weighted by Crippen LogP contribution is -2.39. The molecule has 2 heterocycles. The highest BCUT2D eigenvalue weighted by molar-refractivity contribution is 7.22. The van der Waals surface area contributed by atoms with Crippen molar-refractivity contribution in [1.82, 2.24) is 9.88 Å². The lowest BCUT2D eigenvalue weighted by Gasteiger charge is -2.27. The largest absolute Gasteiger partial charge is 0.379 e. The van der Waals surface area contributed by atoms with E-state index in [1.807, 2.05) is 4.90 Å². The Morgan fingerprint density at radius 2 is 1.82 bits per heavy atom. The molecule has 0 N–H and O–H groups in total. The molecule has 0 unspecified atom stereocenters. The fourth-order valence-corrected chi connectivity index (χ4v) is 5.33. The number of benzene rings is 2. The molecule has 7 heteroatoms. The monoisotopic (exact) mass is 487 g/mol. The maximum Gasteiger partial charge on any atom is 0.233 e. The number of morpholine rings is 1. The second-order valence-corrected chi connectivity index (χ2v) is 9.85. The van der Waals surface area contributed by atoms with Crippen molar-refractivity contribution >= 4 is 45.0 Å². The van der Waals surface area contributed by atoms with Gasteiger partial charge in [0.1, 0.15) is 0 Å². The van der Waals surface area contributed by atoms with E-state index < -0.39 is 0 Å². The summed E-state index contributed by atoms with van der Waals surface area (Å²) >= 11 is 1.63. The van der Waals surface area contributed by atoms with Crippen molar-refractivity contribution in [2.75, 3.05) is 44.3 Å². The predicted molar refractivity (Wildman–Crippen MR) is 140 cm³/mol. The number of thiazole rings is 1. The standard InChI is InChI=1S/C26H33N3O2S.ClH/c1-18-14-21(4)25-23(15-18)27-26(32-25)29(9-5-8-28-10-12-31-13-11-28)24(30)17-22-7-6-19(2)20(3)16-22;/h6-7,14-16H,5,8-13,17H2,1-4H3;1H. The summed E-state index contributed by atoms with van der Waals surface area (Å²) in [6.45, 7) is 13.6. The maximum absolute atomic E-state index is 13.5. The SMILES string of the molecule is Cc1cc(C)c2sc(N(CCCN3CCOCC3)C(=O)Cc3ccc(C)c(C)c3)nc2c1.Cl. The van der Waals surface area contributed by atoms with Crippen LogP contribution in [0.4, 0.5) is 5.13 Å². The summed E-state index contributed by atoms with van der Waals surface area (Å²) in [4.78, 5) is 22.7. The molecule has 0 spiro atoms.